The number of ether oxygens (including phenoxy) is 1. The van der Waals surface area contributed by atoms with Gasteiger partial charge in [-0.05, 0) is 36.6 Å². The lowest BCUT2D eigenvalue weighted by Crippen LogP contribution is -2.17. The SMILES string of the molecule is CCOc1cc(Cc2ccccc2)ccc1-c1nc(N)c(N)c(=O)[nH]1. The van der Waals surface area contributed by atoms with Crippen LogP contribution in [0.15, 0.2) is 53.3 Å². The number of benzene rings is 2. The van der Waals surface area contributed by atoms with Crippen LogP contribution >= 0.6 is 0 Å². The molecule has 0 fully saturated rings. The number of aromatic nitrogens is 2. The maximum absolute atomic E-state index is 11.9. The Bertz CT molecular complexity index is 936. The molecule has 128 valence electrons. The predicted molar refractivity (Wildman–Crippen MR) is 99.5 cm³/mol. The van der Waals surface area contributed by atoms with Crippen LogP contribution in [0.4, 0.5) is 11.5 Å². The van der Waals surface area contributed by atoms with Gasteiger partial charge in [-0.3, -0.25) is 4.79 Å². The van der Waals surface area contributed by atoms with Gasteiger partial charge in [0.1, 0.15) is 17.3 Å². The quantitative estimate of drug-likeness (QED) is 0.664. The maximum atomic E-state index is 11.9. The van der Waals surface area contributed by atoms with Gasteiger partial charge in [0.05, 0.1) is 12.2 Å². The number of nitrogens with one attached hydrogen (secondary N) is 1. The number of nitrogens with zero attached hydrogens (tertiary/aromatic N) is 1. The van der Waals surface area contributed by atoms with Gasteiger partial charge in [-0.25, -0.2) is 4.98 Å². The van der Waals surface area contributed by atoms with Crippen LogP contribution in [-0.4, -0.2) is 16.6 Å². The average Bonchev–Trinajstić information content (AvgIpc) is 2.61. The Morgan fingerprint density at radius 2 is 1.84 bits per heavy atom. The number of aromatic amines is 1. The lowest BCUT2D eigenvalue weighted by atomic mass is 10.0. The van der Waals surface area contributed by atoms with Crippen LogP contribution in [0.25, 0.3) is 11.4 Å². The second-order valence-corrected chi connectivity index (χ2v) is 5.64. The number of nitrogen functional groups attached to an aromatic ring is 2. The topological polar surface area (TPSA) is 107 Å². The van der Waals surface area contributed by atoms with Gasteiger partial charge in [-0.2, -0.15) is 0 Å². The predicted octanol–water partition coefficient (Wildman–Crippen LogP) is 2.59. The van der Waals surface area contributed by atoms with Crippen molar-refractivity contribution < 1.29 is 4.74 Å². The van der Waals surface area contributed by atoms with E-state index >= 15 is 0 Å². The molecule has 0 atom stereocenters. The standard InChI is InChI=1S/C19H20N4O2/c1-2-25-15-11-13(10-12-6-4-3-5-7-12)8-9-14(15)18-22-17(21)16(20)19(24)23-18/h3-9,11H,2,10,20H2,1H3,(H3,21,22,23,24). The normalized spacial score (nSPS) is 10.6. The lowest BCUT2D eigenvalue weighted by Gasteiger charge is -2.12. The van der Waals surface area contributed by atoms with Gasteiger partial charge in [-0.1, -0.05) is 36.4 Å². The third kappa shape index (κ3) is 3.63. The molecule has 0 aliphatic rings. The van der Waals surface area contributed by atoms with Crippen molar-refractivity contribution in [2.24, 2.45) is 0 Å². The molecule has 0 saturated carbocycles. The number of H-pyrrole nitrogens is 1. The number of hydrogen-bond acceptors (Lipinski definition) is 5. The Hall–Kier alpha value is -3.28. The zero-order valence-electron chi connectivity index (χ0n) is 14.0. The largest absolute Gasteiger partial charge is 0.493 e. The molecule has 1 aromatic heterocycles. The second kappa shape index (κ2) is 7.09. The fourth-order valence-corrected chi connectivity index (χ4v) is 2.61. The third-order valence-corrected chi connectivity index (χ3v) is 3.84. The highest BCUT2D eigenvalue weighted by Crippen LogP contribution is 2.30. The van der Waals surface area contributed by atoms with Gasteiger partial charge in [-0.15, -0.1) is 0 Å². The molecule has 1 heterocycles. The molecule has 5 N–H and O–H groups in total. The van der Waals surface area contributed by atoms with Crippen molar-refractivity contribution in [3.8, 4) is 17.1 Å². The third-order valence-electron chi connectivity index (χ3n) is 3.84. The molecule has 25 heavy (non-hydrogen) atoms. The molecule has 6 heteroatoms. The molecular formula is C19H20N4O2. The van der Waals surface area contributed by atoms with Crippen molar-refractivity contribution in [1.29, 1.82) is 0 Å². The Morgan fingerprint density at radius 3 is 2.52 bits per heavy atom. The second-order valence-electron chi connectivity index (χ2n) is 5.64. The first-order chi connectivity index (χ1) is 12.1. The van der Waals surface area contributed by atoms with Gasteiger partial charge >= 0.3 is 0 Å². The fourth-order valence-electron chi connectivity index (χ4n) is 2.61. The van der Waals surface area contributed by atoms with Gasteiger partial charge in [0.25, 0.3) is 5.56 Å². The molecule has 0 aliphatic heterocycles. The summed E-state index contributed by atoms with van der Waals surface area (Å²) >= 11 is 0. The number of hydrogen-bond donors (Lipinski definition) is 3. The molecular weight excluding hydrogens is 316 g/mol. The first-order valence-corrected chi connectivity index (χ1v) is 8.03. The Balaban J connectivity index is 2.01. The summed E-state index contributed by atoms with van der Waals surface area (Å²) in [5.41, 5.74) is 13.7. The molecule has 3 rings (SSSR count). The zero-order chi connectivity index (χ0) is 17.8. The first-order valence-electron chi connectivity index (χ1n) is 8.03. The minimum atomic E-state index is -0.460. The Morgan fingerprint density at radius 1 is 1.08 bits per heavy atom. The molecule has 3 aromatic rings. The molecule has 0 bridgehead atoms. The summed E-state index contributed by atoms with van der Waals surface area (Å²) in [5, 5.41) is 0. The van der Waals surface area contributed by atoms with Crippen molar-refractivity contribution in [2.45, 2.75) is 13.3 Å². The molecule has 0 aliphatic carbocycles. The van der Waals surface area contributed by atoms with Crippen molar-refractivity contribution in [3.05, 3.63) is 70.0 Å². The Kier molecular flexibility index (Phi) is 4.70. The average molecular weight is 336 g/mol. The van der Waals surface area contributed by atoms with Crippen LogP contribution in [0.3, 0.4) is 0 Å². The summed E-state index contributed by atoms with van der Waals surface area (Å²) in [6.45, 7) is 2.40. The molecule has 0 unspecified atom stereocenters. The van der Waals surface area contributed by atoms with E-state index in [1.165, 1.54) is 5.56 Å². The number of rotatable bonds is 5. The number of anilines is 2. The summed E-state index contributed by atoms with van der Waals surface area (Å²) in [4.78, 5) is 18.7. The van der Waals surface area contributed by atoms with E-state index in [1.807, 2.05) is 43.3 Å². The minimum absolute atomic E-state index is 0.00885. The molecule has 6 nitrogen and oxygen atoms in total. The van der Waals surface area contributed by atoms with Gasteiger partial charge in [0, 0.05) is 0 Å². The zero-order valence-corrected chi connectivity index (χ0v) is 14.0. The van der Waals surface area contributed by atoms with E-state index in [9.17, 15) is 4.79 Å². The van der Waals surface area contributed by atoms with E-state index in [2.05, 4.69) is 22.1 Å². The van der Waals surface area contributed by atoms with Crippen LogP contribution in [-0.2, 0) is 6.42 Å². The van der Waals surface area contributed by atoms with E-state index in [-0.39, 0.29) is 11.5 Å². The van der Waals surface area contributed by atoms with Crippen LogP contribution in [0.1, 0.15) is 18.1 Å². The fraction of sp³-hybridized carbons (Fsp3) is 0.158. The lowest BCUT2D eigenvalue weighted by molar-refractivity contribution is 0.341. The Labute approximate surface area is 145 Å². The maximum Gasteiger partial charge on any atom is 0.276 e. The summed E-state index contributed by atoms with van der Waals surface area (Å²) < 4.78 is 5.75. The van der Waals surface area contributed by atoms with Crippen molar-refractivity contribution in [2.75, 3.05) is 18.1 Å². The first kappa shape index (κ1) is 16.6. The summed E-state index contributed by atoms with van der Waals surface area (Å²) in [5.74, 6) is 0.990. The van der Waals surface area contributed by atoms with Crippen LogP contribution < -0.4 is 21.8 Å². The summed E-state index contributed by atoms with van der Waals surface area (Å²) in [6.07, 6.45) is 0.787. The molecule has 0 radical (unpaired) electrons. The van der Waals surface area contributed by atoms with E-state index in [0.29, 0.717) is 23.7 Å². The van der Waals surface area contributed by atoms with Crippen molar-refractivity contribution in [1.82, 2.24) is 9.97 Å². The molecule has 0 saturated heterocycles. The van der Waals surface area contributed by atoms with Crippen LogP contribution in [0.5, 0.6) is 5.75 Å². The summed E-state index contributed by atoms with van der Waals surface area (Å²) in [6, 6.07) is 16.0. The highest BCUT2D eigenvalue weighted by molar-refractivity contribution is 5.68. The van der Waals surface area contributed by atoms with Crippen molar-refractivity contribution in [3.63, 3.8) is 0 Å². The van der Waals surface area contributed by atoms with Gasteiger partial charge in [0.2, 0.25) is 0 Å². The van der Waals surface area contributed by atoms with Crippen LogP contribution in [0.2, 0.25) is 0 Å². The highest BCUT2D eigenvalue weighted by atomic mass is 16.5. The molecule has 0 amide bonds. The minimum Gasteiger partial charge on any atom is -0.493 e. The van der Waals surface area contributed by atoms with Crippen LogP contribution in [0, 0.1) is 0 Å². The summed E-state index contributed by atoms with van der Waals surface area (Å²) in [7, 11) is 0. The molecule has 0 spiro atoms. The smallest absolute Gasteiger partial charge is 0.276 e. The highest BCUT2D eigenvalue weighted by Gasteiger charge is 2.13. The van der Waals surface area contributed by atoms with E-state index in [4.69, 9.17) is 16.2 Å². The monoisotopic (exact) mass is 336 g/mol. The van der Waals surface area contributed by atoms with Gasteiger partial charge in [0.15, 0.2) is 5.82 Å². The number of nitrogens with two attached hydrogens (primary N) is 2. The van der Waals surface area contributed by atoms with Gasteiger partial charge < -0.3 is 21.2 Å². The molecule has 2 aromatic carbocycles. The van der Waals surface area contributed by atoms with Crippen molar-refractivity contribution >= 4 is 11.5 Å². The van der Waals surface area contributed by atoms with E-state index in [1.54, 1.807) is 0 Å². The van der Waals surface area contributed by atoms with E-state index in [0.717, 1.165) is 12.0 Å². The van der Waals surface area contributed by atoms with E-state index < -0.39 is 5.56 Å².